The number of aromatic nitrogens is 2. The van der Waals surface area contributed by atoms with E-state index in [-0.39, 0.29) is 16.9 Å². The molecule has 0 aliphatic carbocycles. The predicted octanol–water partition coefficient (Wildman–Crippen LogP) is 4.56. The van der Waals surface area contributed by atoms with Gasteiger partial charge in [-0.1, -0.05) is 36.0 Å². The quantitative estimate of drug-likeness (QED) is 0.476. The molecule has 0 saturated carbocycles. The highest BCUT2D eigenvalue weighted by atomic mass is 32.2. The normalized spacial score (nSPS) is 11.0. The van der Waals surface area contributed by atoms with Crippen LogP contribution in [0.5, 0.6) is 0 Å². The summed E-state index contributed by atoms with van der Waals surface area (Å²) in [6.07, 6.45) is 0.516. The van der Waals surface area contributed by atoms with Crippen LogP contribution in [0.2, 0.25) is 0 Å². The molecule has 0 atom stereocenters. The minimum absolute atomic E-state index is 0.118. The summed E-state index contributed by atoms with van der Waals surface area (Å²) in [6, 6.07) is 11.3. The topological polar surface area (TPSA) is 34.9 Å². The van der Waals surface area contributed by atoms with Crippen molar-refractivity contribution in [2.24, 2.45) is 7.05 Å². The van der Waals surface area contributed by atoms with E-state index in [0.717, 1.165) is 23.3 Å². The Labute approximate surface area is 161 Å². The zero-order valence-electron chi connectivity index (χ0n) is 15.4. The van der Waals surface area contributed by atoms with E-state index in [1.165, 1.54) is 22.4 Å². The van der Waals surface area contributed by atoms with Crippen molar-refractivity contribution >= 4 is 11.8 Å². The SMILES string of the molecule is Cc1ccccc1Cc1c(C)nc(SCc2cc(F)ccc2F)n(C)c1=O. The zero-order chi connectivity index (χ0) is 19.6. The second kappa shape index (κ2) is 8.05. The van der Waals surface area contributed by atoms with Gasteiger partial charge in [-0.25, -0.2) is 13.8 Å². The molecule has 2 aromatic carbocycles. The van der Waals surface area contributed by atoms with Crippen molar-refractivity contribution in [1.82, 2.24) is 9.55 Å². The number of halogens is 2. The average molecular weight is 386 g/mol. The van der Waals surface area contributed by atoms with Gasteiger partial charge in [-0.15, -0.1) is 0 Å². The van der Waals surface area contributed by atoms with Crippen LogP contribution in [0, 0.1) is 25.5 Å². The monoisotopic (exact) mass is 386 g/mol. The minimum Gasteiger partial charge on any atom is -0.291 e. The molecular formula is C21H20F2N2OS. The molecule has 3 aromatic rings. The lowest BCUT2D eigenvalue weighted by atomic mass is 10.0. The number of thioether (sulfide) groups is 1. The summed E-state index contributed by atoms with van der Waals surface area (Å²) in [5.41, 5.74) is 3.64. The fourth-order valence-corrected chi connectivity index (χ4v) is 3.84. The Morgan fingerprint density at radius 2 is 1.81 bits per heavy atom. The maximum Gasteiger partial charge on any atom is 0.257 e. The van der Waals surface area contributed by atoms with Crippen LogP contribution in [0.25, 0.3) is 0 Å². The molecule has 6 heteroatoms. The second-order valence-electron chi connectivity index (χ2n) is 6.45. The molecule has 0 radical (unpaired) electrons. The highest BCUT2D eigenvalue weighted by molar-refractivity contribution is 7.98. The molecular weight excluding hydrogens is 366 g/mol. The van der Waals surface area contributed by atoms with Gasteiger partial charge in [0.25, 0.3) is 5.56 Å². The van der Waals surface area contributed by atoms with Gasteiger partial charge in [-0.3, -0.25) is 9.36 Å². The zero-order valence-corrected chi connectivity index (χ0v) is 16.2. The average Bonchev–Trinajstić information content (AvgIpc) is 2.64. The van der Waals surface area contributed by atoms with Gasteiger partial charge in [0, 0.05) is 36.0 Å². The van der Waals surface area contributed by atoms with Crippen molar-refractivity contribution in [3.05, 3.63) is 92.4 Å². The van der Waals surface area contributed by atoms with Crippen LogP contribution in [0.4, 0.5) is 8.78 Å². The van der Waals surface area contributed by atoms with Gasteiger partial charge in [-0.2, -0.15) is 0 Å². The fraction of sp³-hybridized carbons (Fsp3) is 0.238. The Morgan fingerprint density at radius 1 is 1.07 bits per heavy atom. The highest BCUT2D eigenvalue weighted by Gasteiger charge is 2.14. The first-order valence-electron chi connectivity index (χ1n) is 8.54. The summed E-state index contributed by atoms with van der Waals surface area (Å²) >= 11 is 1.21. The second-order valence-corrected chi connectivity index (χ2v) is 7.39. The molecule has 0 unspecified atom stereocenters. The van der Waals surface area contributed by atoms with Crippen molar-refractivity contribution in [1.29, 1.82) is 0 Å². The van der Waals surface area contributed by atoms with Crippen LogP contribution in [0.1, 0.15) is 27.9 Å². The maximum absolute atomic E-state index is 13.8. The highest BCUT2D eigenvalue weighted by Crippen LogP contribution is 2.23. The van der Waals surface area contributed by atoms with Gasteiger partial charge in [0.15, 0.2) is 5.16 Å². The Morgan fingerprint density at radius 3 is 2.56 bits per heavy atom. The van der Waals surface area contributed by atoms with Crippen molar-refractivity contribution < 1.29 is 8.78 Å². The summed E-state index contributed by atoms with van der Waals surface area (Å²) in [5.74, 6) is -0.763. The fourth-order valence-electron chi connectivity index (χ4n) is 2.86. The Hall–Kier alpha value is -2.47. The molecule has 0 aliphatic heterocycles. The first-order chi connectivity index (χ1) is 12.9. The van der Waals surface area contributed by atoms with Crippen molar-refractivity contribution in [3.8, 4) is 0 Å². The first kappa shape index (κ1) is 19.3. The van der Waals surface area contributed by atoms with E-state index in [2.05, 4.69) is 4.98 Å². The standard InChI is InChI=1S/C21H20F2N2OS/c1-13-6-4-5-7-15(13)11-18-14(2)24-21(25(3)20(18)26)27-12-16-10-17(22)8-9-19(16)23/h4-10H,11-12H2,1-3H3. The summed E-state index contributed by atoms with van der Waals surface area (Å²) in [7, 11) is 1.65. The lowest BCUT2D eigenvalue weighted by Gasteiger charge is -2.13. The van der Waals surface area contributed by atoms with Gasteiger partial charge >= 0.3 is 0 Å². The number of hydrogen-bond acceptors (Lipinski definition) is 3. The molecule has 0 spiro atoms. The number of benzene rings is 2. The third-order valence-corrected chi connectivity index (χ3v) is 5.62. The number of aryl methyl sites for hydroxylation is 2. The number of rotatable bonds is 5. The van der Waals surface area contributed by atoms with Crippen LogP contribution in [0.15, 0.2) is 52.4 Å². The van der Waals surface area contributed by atoms with E-state index in [0.29, 0.717) is 22.8 Å². The van der Waals surface area contributed by atoms with Crippen LogP contribution in [-0.2, 0) is 19.2 Å². The van der Waals surface area contributed by atoms with Gasteiger partial charge in [-0.05, 0) is 43.2 Å². The Balaban J connectivity index is 1.87. The summed E-state index contributed by atoms with van der Waals surface area (Å²) in [5, 5.41) is 0.481. The molecule has 0 N–H and O–H groups in total. The lowest BCUT2D eigenvalue weighted by molar-refractivity contribution is 0.591. The van der Waals surface area contributed by atoms with Crippen molar-refractivity contribution in [2.45, 2.75) is 31.2 Å². The van der Waals surface area contributed by atoms with Crippen molar-refractivity contribution in [2.75, 3.05) is 0 Å². The van der Waals surface area contributed by atoms with Gasteiger partial charge in [0.2, 0.25) is 0 Å². The molecule has 0 aliphatic rings. The lowest BCUT2D eigenvalue weighted by Crippen LogP contribution is -2.26. The van der Waals surface area contributed by atoms with E-state index in [4.69, 9.17) is 0 Å². The van der Waals surface area contributed by atoms with Crippen LogP contribution >= 0.6 is 11.8 Å². The van der Waals surface area contributed by atoms with Crippen LogP contribution < -0.4 is 5.56 Å². The predicted molar refractivity (Wildman–Crippen MR) is 104 cm³/mol. The molecule has 1 aromatic heterocycles. The number of hydrogen-bond donors (Lipinski definition) is 0. The third kappa shape index (κ3) is 4.27. The van der Waals surface area contributed by atoms with E-state index in [9.17, 15) is 13.6 Å². The van der Waals surface area contributed by atoms with Gasteiger partial charge in [0.05, 0.1) is 0 Å². The van der Waals surface area contributed by atoms with E-state index in [1.54, 1.807) is 7.05 Å². The minimum atomic E-state index is -0.487. The summed E-state index contributed by atoms with van der Waals surface area (Å²) in [6.45, 7) is 3.82. The Kier molecular flexibility index (Phi) is 5.75. The molecule has 0 amide bonds. The summed E-state index contributed by atoms with van der Waals surface area (Å²) in [4.78, 5) is 17.4. The van der Waals surface area contributed by atoms with Gasteiger partial charge < -0.3 is 0 Å². The van der Waals surface area contributed by atoms with Crippen LogP contribution in [0.3, 0.4) is 0 Å². The molecule has 0 bridgehead atoms. The third-order valence-electron chi connectivity index (χ3n) is 4.54. The number of nitrogens with zero attached hydrogens (tertiary/aromatic N) is 2. The smallest absolute Gasteiger partial charge is 0.257 e. The van der Waals surface area contributed by atoms with Gasteiger partial charge in [0.1, 0.15) is 11.6 Å². The molecule has 27 heavy (non-hydrogen) atoms. The molecule has 140 valence electrons. The molecule has 0 fully saturated rings. The molecule has 1 heterocycles. The largest absolute Gasteiger partial charge is 0.291 e. The Bertz CT molecular complexity index is 1050. The van der Waals surface area contributed by atoms with Crippen LogP contribution in [-0.4, -0.2) is 9.55 Å². The molecule has 3 nitrogen and oxygen atoms in total. The van der Waals surface area contributed by atoms with E-state index >= 15 is 0 Å². The molecule has 0 saturated heterocycles. The molecule has 3 rings (SSSR count). The van der Waals surface area contributed by atoms with E-state index < -0.39 is 11.6 Å². The van der Waals surface area contributed by atoms with E-state index in [1.807, 2.05) is 38.1 Å². The summed E-state index contributed by atoms with van der Waals surface area (Å²) < 4.78 is 28.6. The first-order valence-corrected chi connectivity index (χ1v) is 9.53. The van der Waals surface area contributed by atoms with Crippen molar-refractivity contribution in [3.63, 3.8) is 0 Å². The maximum atomic E-state index is 13.8.